The third-order valence-electron chi connectivity index (χ3n) is 2.73. The molecule has 0 rings (SSSR count). The van der Waals surface area contributed by atoms with Crippen molar-refractivity contribution in [2.75, 3.05) is 6.54 Å². The number of aliphatic carboxylic acids is 1. The zero-order valence-corrected chi connectivity index (χ0v) is 11.0. The van der Waals surface area contributed by atoms with Crippen LogP contribution in [0.25, 0.3) is 0 Å². The van der Waals surface area contributed by atoms with Crippen LogP contribution in [0.3, 0.4) is 0 Å². The Balaban J connectivity index is 4.26. The van der Waals surface area contributed by atoms with E-state index in [1.54, 1.807) is 0 Å². The number of carbonyl (C=O) groups excluding carboxylic acids is 2. The number of carbonyl (C=O) groups is 3. The van der Waals surface area contributed by atoms with Gasteiger partial charge in [-0.25, -0.2) is 4.79 Å². The van der Waals surface area contributed by atoms with E-state index < -0.39 is 42.1 Å². The second-order valence-electron chi connectivity index (χ2n) is 4.55. The fraction of sp³-hybridized carbons (Fsp3) is 0.727. The van der Waals surface area contributed by atoms with Crippen molar-refractivity contribution in [1.29, 1.82) is 0 Å². The Labute approximate surface area is 115 Å². The summed E-state index contributed by atoms with van der Waals surface area (Å²) in [6.07, 6.45) is -5.33. The summed E-state index contributed by atoms with van der Waals surface area (Å²) in [5.74, 6) is -2.89. The summed E-state index contributed by atoms with van der Waals surface area (Å²) in [6.45, 7) is 1.37. The topological polar surface area (TPSA) is 170 Å². The van der Waals surface area contributed by atoms with Gasteiger partial charge in [0.1, 0.15) is 12.4 Å². The first-order chi connectivity index (χ1) is 9.20. The lowest BCUT2D eigenvalue weighted by Gasteiger charge is -2.25. The third kappa shape index (κ3) is 6.06. The van der Waals surface area contributed by atoms with Crippen molar-refractivity contribution < 1.29 is 34.8 Å². The predicted octanol–water partition coefficient (Wildman–Crippen LogP) is -3.18. The van der Waals surface area contributed by atoms with Gasteiger partial charge < -0.3 is 36.3 Å². The normalized spacial score (nSPS) is 18.4. The van der Waals surface area contributed by atoms with E-state index in [0.717, 1.165) is 0 Å². The van der Waals surface area contributed by atoms with Gasteiger partial charge in [-0.2, -0.15) is 0 Å². The summed E-state index contributed by atoms with van der Waals surface area (Å²) in [4.78, 5) is 32.0. The highest BCUT2D eigenvalue weighted by molar-refractivity contribution is 5.80. The Kier molecular flexibility index (Phi) is 7.92. The average molecular weight is 292 g/mol. The Morgan fingerprint density at radius 3 is 2.25 bits per heavy atom. The van der Waals surface area contributed by atoms with E-state index >= 15 is 0 Å². The van der Waals surface area contributed by atoms with Crippen molar-refractivity contribution in [2.24, 2.45) is 11.7 Å². The Morgan fingerprint density at radius 1 is 1.25 bits per heavy atom. The van der Waals surface area contributed by atoms with Crippen molar-refractivity contribution in [1.82, 2.24) is 5.32 Å². The fourth-order valence-corrected chi connectivity index (χ4v) is 1.40. The minimum Gasteiger partial charge on any atom is -0.479 e. The van der Waals surface area contributed by atoms with Gasteiger partial charge in [0.15, 0.2) is 6.10 Å². The second-order valence-corrected chi connectivity index (χ2v) is 4.55. The number of hydrogen-bond donors (Lipinski definition) is 6. The molecule has 9 heteroatoms. The molecule has 0 radical (unpaired) electrons. The second kappa shape index (κ2) is 8.59. The summed E-state index contributed by atoms with van der Waals surface area (Å²) < 4.78 is 0. The zero-order chi connectivity index (χ0) is 15.9. The predicted molar refractivity (Wildman–Crippen MR) is 66.5 cm³/mol. The zero-order valence-electron chi connectivity index (χ0n) is 11.0. The number of carboxylic acid groups (broad SMARTS) is 1. The number of hydrogen-bond acceptors (Lipinski definition) is 7. The number of rotatable bonds is 9. The molecule has 0 saturated heterocycles. The molecule has 0 saturated carbocycles. The highest BCUT2D eigenvalue weighted by Gasteiger charge is 2.33. The molecule has 5 unspecified atom stereocenters. The molecule has 9 nitrogen and oxygen atoms in total. The van der Waals surface area contributed by atoms with Gasteiger partial charge in [-0.3, -0.25) is 4.79 Å². The number of nitrogens with two attached hydrogens (primary N) is 1. The standard InChI is InChI=1S/C11H20N2O7/c1-5(3-13-7(15)2-6(12)4-14)8(16)9(17)10(18)11(19)20/h4-6,8-10,16-18H,2-3,12H2,1H3,(H,13,15)(H,19,20). The molecule has 0 aromatic rings. The lowest BCUT2D eigenvalue weighted by Crippen LogP contribution is -2.47. The van der Waals surface area contributed by atoms with Gasteiger partial charge in [-0.15, -0.1) is 0 Å². The number of aliphatic hydroxyl groups excluding tert-OH is 3. The first kappa shape index (κ1) is 18.4. The fourth-order valence-electron chi connectivity index (χ4n) is 1.40. The molecule has 0 aromatic carbocycles. The summed E-state index contributed by atoms with van der Waals surface area (Å²) in [5.41, 5.74) is 5.24. The molecular weight excluding hydrogens is 272 g/mol. The number of carboxylic acids is 1. The van der Waals surface area contributed by atoms with Gasteiger partial charge in [0, 0.05) is 18.9 Å². The molecule has 5 atom stereocenters. The smallest absolute Gasteiger partial charge is 0.335 e. The van der Waals surface area contributed by atoms with Crippen molar-refractivity contribution in [3.8, 4) is 0 Å². The van der Waals surface area contributed by atoms with Crippen molar-refractivity contribution in [3.05, 3.63) is 0 Å². The van der Waals surface area contributed by atoms with Gasteiger partial charge in [-0.05, 0) is 0 Å². The Bertz CT molecular complexity index is 350. The lowest BCUT2D eigenvalue weighted by atomic mass is 9.96. The van der Waals surface area contributed by atoms with Crippen LogP contribution in [0.5, 0.6) is 0 Å². The van der Waals surface area contributed by atoms with Crippen LogP contribution in [0.2, 0.25) is 0 Å². The van der Waals surface area contributed by atoms with Gasteiger partial charge in [-0.1, -0.05) is 6.92 Å². The quantitative estimate of drug-likeness (QED) is 0.241. The highest BCUT2D eigenvalue weighted by atomic mass is 16.4. The van der Waals surface area contributed by atoms with Crippen molar-refractivity contribution >= 4 is 18.2 Å². The van der Waals surface area contributed by atoms with Crippen molar-refractivity contribution in [2.45, 2.75) is 37.7 Å². The first-order valence-electron chi connectivity index (χ1n) is 5.95. The van der Waals surface area contributed by atoms with Crippen LogP contribution >= 0.6 is 0 Å². The molecule has 0 heterocycles. The van der Waals surface area contributed by atoms with Gasteiger partial charge in [0.25, 0.3) is 0 Å². The summed E-state index contributed by atoms with van der Waals surface area (Å²) >= 11 is 0. The van der Waals surface area contributed by atoms with E-state index in [2.05, 4.69) is 5.32 Å². The van der Waals surface area contributed by atoms with Gasteiger partial charge in [0.2, 0.25) is 5.91 Å². The molecule has 1 amide bonds. The molecule has 0 aliphatic carbocycles. The lowest BCUT2D eigenvalue weighted by molar-refractivity contribution is -0.160. The molecule has 20 heavy (non-hydrogen) atoms. The van der Waals surface area contributed by atoms with E-state index in [1.165, 1.54) is 6.92 Å². The van der Waals surface area contributed by atoms with Crippen LogP contribution in [-0.4, -0.2) is 69.5 Å². The van der Waals surface area contributed by atoms with Crippen LogP contribution in [0.4, 0.5) is 0 Å². The largest absolute Gasteiger partial charge is 0.479 e. The maximum absolute atomic E-state index is 11.3. The molecule has 0 aromatic heterocycles. The van der Waals surface area contributed by atoms with Crippen LogP contribution in [-0.2, 0) is 14.4 Å². The summed E-state index contributed by atoms with van der Waals surface area (Å²) in [5, 5.41) is 39.0. The molecular formula is C11H20N2O7. The molecule has 0 aliphatic heterocycles. The minimum absolute atomic E-state index is 0.0744. The molecule has 0 spiro atoms. The van der Waals surface area contributed by atoms with E-state index in [1.807, 2.05) is 0 Å². The molecule has 116 valence electrons. The number of aliphatic hydroxyl groups is 3. The molecule has 0 aliphatic rings. The van der Waals surface area contributed by atoms with Crippen LogP contribution in [0.1, 0.15) is 13.3 Å². The van der Waals surface area contributed by atoms with Gasteiger partial charge >= 0.3 is 5.97 Å². The number of nitrogens with one attached hydrogen (secondary N) is 1. The van der Waals surface area contributed by atoms with E-state index in [-0.39, 0.29) is 13.0 Å². The number of aldehydes is 1. The molecule has 7 N–H and O–H groups in total. The number of amides is 1. The van der Waals surface area contributed by atoms with E-state index in [0.29, 0.717) is 6.29 Å². The van der Waals surface area contributed by atoms with Crippen molar-refractivity contribution in [3.63, 3.8) is 0 Å². The summed E-state index contributed by atoms with van der Waals surface area (Å²) in [7, 11) is 0. The van der Waals surface area contributed by atoms with E-state index in [4.69, 9.17) is 15.9 Å². The average Bonchev–Trinajstić information content (AvgIpc) is 2.41. The molecule has 0 bridgehead atoms. The highest BCUT2D eigenvalue weighted by Crippen LogP contribution is 2.10. The van der Waals surface area contributed by atoms with Crippen LogP contribution in [0, 0.1) is 5.92 Å². The minimum atomic E-state index is -2.12. The van der Waals surface area contributed by atoms with Crippen LogP contribution in [0.15, 0.2) is 0 Å². The SMILES string of the molecule is CC(CNC(=O)CC(N)C=O)C(O)C(O)C(O)C(=O)O. The molecule has 0 fully saturated rings. The maximum atomic E-state index is 11.3. The first-order valence-corrected chi connectivity index (χ1v) is 5.95. The third-order valence-corrected chi connectivity index (χ3v) is 2.73. The Morgan fingerprint density at radius 2 is 1.80 bits per heavy atom. The van der Waals surface area contributed by atoms with E-state index in [9.17, 15) is 24.6 Å². The Hall–Kier alpha value is -1.55. The monoisotopic (exact) mass is 292 g/mol. The maximum Gasteiger partial charge on any atom is 0.335 e. The van der Waals surface area contributed by atoms with Crippen LogP contribution < -0.4 is 11.1 Å². The van der Waals surface area contributed by atoms with Gasteiger partial charge in [0.05, 0.1) is 12.1 Å². The summed E-state index contributed by atoms with van der Waals surface area (Å²) in [6, 6.07) is -0.922.